The van der Waals surface area contributed by atoms with E-state index in [-0.39, 0.29) is 19.7 Å². The molecule has 38 heavy (non-hydrogen) atoms. The minimum absolute atomic E-state index is 0. The van der Waals surface area contributed by atoms with Crippen LogP contribution in [0.15, 0.2) is 0 Å². The minimum Gasteiger partial charge on any atom is -0.479 e. The van der Waals surface area contributed by atoms with E-state index in [0.717, 1.165) is 30.6 Å². The Morgan fingerprint density at radius 3 is 1.26 bits per heavy atom. The molecule has 230 valence electrons. The second-order valence-electron chi connectivity index (χ2n) is 11.0. The second-order valence-corrected chi connectivity index (χ2v) is 11.0. The molecule has 0 aliphatic heterocycles. The Kier molecular flexibility index (Phi) is 48.3. The Morgan fingerprint density at radius 1 is 0.684 bits per heavy atom. The summed E-state index contributed by atoms with van der Waals surface area (Å²) < 4.78 is 5.39. The van der Waals surface area contributed by atoms with Crippen LogP contribution in [0.3, 0.4) is 0 Å². The highest BCUT2D eigenvalue weighted by Gasteiger charge is 2.31. The van der Waals surface area contributed by atoms with E-state index in [4.69, 9.17) is 29.0 Å². The first kappa shape index (κ1) is 49.2. The quantitative estimate of drug-likeness (QED) is 0.203. The maximum Gasteiger partial charge on any atom is 0.373 e. The van der Waals surface area contributed by atoms with Gasteiger partial charge in [-0.15, -0.1) is 0 Å². The van der Waals surface area contributed by atoms with Crippen molar-refractivity contribution in [1.29, 1.82) is 0 Å². The predicted molar refractivity (Wildman–Crippen MR) is 156 cm³/mol. The van der Waals surface area contributed by atoms with Crippen LogP contribution < -0.4 is 0 Å². The Balaban J connectivity index is -0.0000000932. The zero-order chi connectivity index (χ0) is 30.3. The van der Waals surface area contributed by atoms with Crippen LogP contribution in [0.1, 0.15) is 148 Å². The molecule has 0 saturated heterocycles. The highest BCUT2D eigenvalue weighted by molar-refractivity contribution is 5.76. The van der Waals surface area contributed by atoms with Crippen molar-refractivity contribution in [2.75, 3.05) is 6.61 Å². The lowest BCUT2D eigenvalue weighted by Gasteiger charge is -2.23. The van der Waals surface area contributed by atoms with Crippen LogP contribution in [-0.4, -0.2) is 35.6 Å². The molecule has 0 amide bonds. The van der Waals surface area contributed by atoms with E-state index in [9.17, 15) is 4.79 Å². The van der Waals surface area contributed by atoms with Crippen molar-refractivity contribution >= 4 is 18.3 Å². The van der Waals surface area contributed by atoms with Gasteiger partial charge in [-0.1, -0.05) is 122 Å². The van der Waals surface area contributed by atoms with E-state index < -0.39 is 11.6 Å². The summed E-state index contributed by atoms with van der Waals surface area (Å²) in [7, 11) is 0. The fourth-order valence-electron chi connectivity index (χ4n) is 2.84. The van der Waals surface area contributed by atoms with Crippen molar-refractivity contribution in [3.63, 3.8) is 0 Å². The van der Waals surface area contributed by atoms with Gasteiger partial charge in [-0.25, -0.2) is 4.79 Å². The first-order valence-corrected chi connectivity index (χ1v) is 14.0. The monoisotopic (exact) mass is 548 g/mol. The largest absolute Gasteiger partial charge is 0.479 e. The van der Waals surface area contributed by atoms with Gasteiger partial charge < -0.3 is 9.84 Å². The van der Waals surface area contributed by atoms with Gasteiger partial charge >= 0.3 is 18.3 Å². The summed E-state index contributed by atoms with van der Waals surface area (Å²) in [6.45, 7) is 24.3. The molecular weight excluding hydrogens is 484 g/mol. The first-order valence-electron chi connectivity index (χ1n) is 14.0. The van der Waals surface area contributed by atoms with Crippen molar-refractivity contribution in [3.05, 3.63) is 0 Å². The number of carboxylic acid groups (broad SMARTS) is 1. The van der Waals surface area contributed by atoms with E-state index >= 15 is 0 Å². The number of carbonyl (C=O) groups is 1. The maximum absolute atomic E-state index is 10.9. The zero-order valence-electron chi connectivity index (χ0n) is 26.0. The third kappa shape index (κ3) is 54.9. The van der Waals surface area contributed by atoms with Crippen LogP contribution in [0.25, 0.3) is 0 Å². The number of ether oxygens (including phenoxy) is 1. The number of unbranched alkanes of at least 4 members (excludes halogenated alkanes) is 2. The van der Waals surface area contributed by atoms with Gasteiger partial charge in [0.05, 0.1) is 0 Å². The molecule has 0 radical (unpaired) electrons. The third-order valence-corrected chi connectivity index (χ3v) is 5.42. The van der Waals surface area contributed by atoms with Gasteiger partial charge in [0.25, 0.3) is 0 Å². The van der Waals surface area contributed by atoms with Crippen molar-refractivity contribution in [1.82, 2.24) is 0 Å². The molecule has 1 N–H and O–H groups in total. The molecular formula is C31H64O7. The SMILES string of the molecule is C.CC(C)CCCC(C)C.CCC(C)(OCCCC(C)C)C(=O)O.CCCCCC(C)C.O=C=O.O=C=O. The molecule has 0 rings (SSSR count). The number of rotatable bonds is 15. The molecule has 0 aliphatic rings. The fraction of sp³-hybridized carbons (Fsp3) is 0.903. The number of hydrogen-bond acceptors (Lipinski definition) is 6. The van der Waals surface area contributed by atoms with Crippen molar-refractivity contribution in [3.8, 4) is 0 Å². The van der Waals surface area contributed by atoms with Crippen LogP contribution >= 0.6 is 0 Å². The van der Waals surface area contributed by atoms with Gasteiger partial charge in [0.2, 0.25) is 0 Å². The molecule has 0 aromatic carbocycles. The van der Waals surface area contributed by atoms with Crippen LogP contribution in [-0.2, 0) is 28.7 Å². The van der Waals surface area contributed by atoms with E-state index in [1.165, 1.54) is 44.9 Å². The van der Waals surface area contributed by atoms with Gasteiger partial charge in [-0.05, 0) is 49.9 Å². The van der Waals surface area contributed by atoms with Gasteiger partial charge in [-0.3, -0.25) is 0 Å². The topological polar surface area (TPSA) is 115 Å². The number of hydrogen-bond donors (Lipinski definition) is 1. The standard InChI is InChI=1S/C11H22O3.C9H20.C8H18.2CO2.CH4/c1-5-11(4,10(12)13)14-8-6-7-9(2)3;1-8(2)6-5-7-9(3)4;1-4-5-6-7-8(2)3;2*2-1-3;/h9H,5-8H2,1-4H3,(H,12,13);8-9H,5-7H2,1-4H3;8H,4-7H2,1-3H3;;;1H4. The van der Waals surface area contributed by atoms with Gasteiger partial charge in [0, 0.05) is 6.61 Å². The van der Waals surface area contributed by atoms with Crippen molar-refractivity contribution < 1.29 is 33.8 Å². The molecule has 0 aliphatic carbocycles. The molecule has 7 heteroatoms. The van der Waals surface area contributed by atoms with Gasteiger partial charge in [0.1, 0.15) is 0 Å². The van der Waals surface area contributed by atoms with Crippen LogP contribution in [0, 0.1) is 23.7 Å². The van der Waals surface area contributed by atoms with Crippen LogP contribution in [0.4, 0.5) is 0 Å². The van der Waals surface area contributed by atoms with Gasteiger partial charge in [-0.2, -0.15) is 19.2 Å². The summed E-state index contributed by atoms with van der Waals surface area (Å²) in [5.41, 5.74) is -1.00. The highest BCUT2D eigenvalue weighted by atomic mass is 16.5. The van der Waals surface area contributed by atoms with Crippen molar-refractivity contribution in [2.24, 2.45) is 23.7 Å². The summed E-state index contributed by atoms with van der Waals surface area (Å²) >= 11 is 0. The molecule has 0 saturated carbocycles. The Hall–Kier alpha value is -1.81. The zero-order valence-corrected chi connectivity index (χ0v) is 26.0. The molecule has 0 bridgehead atoms. The summed E-state index contributed by atoms with van der Waals surface area (Å²) in [6, 6.07) is 0. The summed E-state index contributed by atoms with van der Waals surface area (Å²) in [5.74, 6) is 2.47. The molecule has 0 heterocycles. The first-order chi connectivity index (χ1) is 17.1. The summed E-state index contributed by atoms with van der Waals surface area (Å²) in [4.78, 5) is 43.4. The summed E-state index contributed by atoms with van der Waals surface area (Å²) in [6.07, 6.45) is 12.8. The van der Waals surface area contributed by atoms with E-state index in [2.05, 4.69) is 62.3 Å². The molecule has 1 atom stereocenters. The number of carboxylic acids is 1. The number of aliphatic carboxylic acids is 1. The van der Waals surface area contributed by atoms with Crippen LogP contribution in [0.5, 0.6) is 0 Å². The van der Waals surface area contributed by atoms with E-state index in [0.29, 0.717) is 18.9 Å². The highest BCUT2D eigenvalue weighted by Crippen LogP contribution is 2.16. The Morgan fingerprint density at radius 2 is 1.00 bits per heavy atom. The number of carbonyl (C=O) groups excluding carboxylic acids is 4. The molecule has 0 aromatic heterocycles. The predicted octanol–water partition coefficient (Wildman–Crippen LogP) is 8.85. The molecule has 0 aromatic rings. The smallest absolute Gasteiger partial charge is 0.373 e. The lowest BCUT2D eigenvalue weighted by Crippen LogP contribution is -2.37. The third-order valence-electron chi connectivity index (χ3n) is 5.42. The molecule has 0 spiro atoms. The molecule has 7 nitrogen and oxygen atoms in total. The second kappa shape index (κ2) is 37.3. The molecule has 1 unspecified atom stereocenters. The molecule has 0 fully saturated rings. The lowest BCUT2D eigenvalue weighted by atomic mass is 10.0. The Labute approximate surface area is 235 Å². The maximum atomic E-state index is 10.9. The average molecular weight is 549 g/mol. The van der Waals surface area contributed by atoms with Gasteiger partial charge in [0.15, 0.2) is 5.60 Å². The van der Waals surface area contributed by atoms with Crippen LogP contribution in [0.2, 0.25) is 0 Å². The normalized spacial score (nSPS) is 11.0. The van der Waals surface area contributed by atoms with E-state index in [1.807, 2.05) is 6.92 Å². The minimum atomic E-state index is -1.00. The fourth-order valence-corrected chi connectivity index (χ4v) is 2.84. The Bertz CT molecular complexity index is 510. The lowest BCUT2D eigenvalue weighted by molar-refractivity contribution is -0.193. The van der Waals surface area contributed by atoms with Crippen molar-refractivity contribution in [2.45, 2.75) is 153 Å². The average Bonchev–Trinajstić information content (AvgIpc) is 2.78. The summed E-state index contributed by atoms with van der Waals surface area (Å²) in [5, 5.41) is 8.92. The van der Waals surface area contributed by atoms with E-state index in [1.54, 1.807) is 6.92 Å².